The second-order valence-corrected chi connectivity index (χ2v) is 12.0. The van der Waals surface area contributed by atoms with Crippen molar-refractivity contribution in [2.45, 2.75) is 89.8 Å². The van der Waals surface area contributed by atoms with Gasteiger partial charge in [0.15, 0.2) is 0 Å². The monoisotopic (exact) mass is 568 g/mol. The van der Waals surface area contributed by atoms with E-state index in [0.29, 0.717) is 50.1 Å². The molecule has 2 N–H and O–H groups in total. The summed E-state index contributed by atoms with van der Waals surface area (Å²) in [7, 11) is 1.58. The van der Waals surface area contributed by atoms with Crippen LogP contribution in [-0.4, -0.2) is 88.1 Å². The maximum atomic E-state index is 13.8. The Morgan fingerprint density at radius 2 is 1.68 bits per heavy atom. The van der Waals surface area contributed by atoms with Crippen LogP contribution in [0.4, 0.5) is 4.79 Å². The number of aromatic nitrogens is 2. The van der Waals surface area contributed by atoms with E-state index in [9.17, 15) is 14.4 Å². The third-order valence-corrected chi connectivity index (χ3v) is 8.18. The number of nitrogens with one attached hydrogen (secondary N) is 2. The highest BCUT2D eigenvalue weighted by Gasteiger charge is 2.44. The maximum Gasteiger partial charge on any atom is 0.318 e. The van der Waals surface area contributed by atoms with E-state index >= 15 is 0 Å². The normalized spacial score (nSPS) is 18.4. The molecule has 2 fully saturated rings. The number of urea groups is 1. The average Bonchev–Trinajstić information content (AvgIpc) is 3.47. The van der Waals surface area contributed by atoms with Crippen molar-refractivity contribution in [2.24, 2.45) is 0 Å². The molecule has 11 nitrogen and oxygen atoms in total. The average molecular weight is 569 g/mol. The third-order valence-electron chi connectivity index (χ3n) is 8.18. The maximum absolute atomic E-state index is 13.8. The zero-order valence-electron chi connectivity index (χ0n) is 25.0. The molecule has 11 heteroatoms. The molecule has 2 aliphatic rings. The highest BCUT2D eigenvalue weighted by atomic mass is 16.5. The molecule has 1 atom stereocenters. The Morgan fingerprint density at radius 3 is 2.27 bits per heavy atom. The van der Waals surface area contributed by atoms with Crippen LogP contribution in [0.2, 0.25) is 0 Å². The predicted octanol–water partition coefficient (Wildman–Crippen LogP) is 4.04. The van der Waals surface area contributed by atoms with Gasteiger partial charge in [-0.05, 0) is 64.3 Å². The van der Waals surface area contributed by atoms with Crippen molar-refractivity contribution < 1.29 is 23.5 Å². The molecule has 0 bridgehead atoms. The number of hydrogen-bond donors (Lipinski definition) is 2. The smallest absolute Gasteiger partial charge is 0.318 e. The van der Waals surface area contributed by atoms with Crippen molar-refractivity contribution in [1.82, 2.24) is 30.6 Å². The lowest BCUT2D eigenvalue weighted by molar-refractivity contribution is -0.129. The molecule has 2 aromatic rings. The van der Waals surface area contributed by atoms with E-state index in [0.717, 1.165) is 32.4 Å². The molecule has 0 unspecified atom stereocenters. The quantitative estimate of drug-likeness (QED) is 0.434. The summed E-state index contributed by atoms with van der Waals surface area (Å²) >= 11 is 0. The van der Waals surface area contributed by atoms with Gasteiger partial charge < -0.3 is 24.7 Å². The molecule has 1 aliphatic heterocycles. The van der Waals surface area contributed by atoms with Crippen LogP contribution in [0, 0.1) is 0 Å². The first kappa shape index (κ1) is 30.5. The number of nitrogens with zero attached hydrogens (tertiary/aromatic N) is 4. The summed E-state index contributed by atoms with van der Waals surface area (Å²) in [4.78, 5) is 44.8. The fourth-order valence-corrected chi connectivity index (χ4v) is 5.60. The summed E-state index contributed by atoms with van der Waals surface area (Å²) in [6.07, 6.45) is 4.78. The molecular formula is C30H44N6O5. The van der Waals surface area contributed by atoms with Crippen molar-refractivity contribution in [1.29, 1.82) is 0 Å². The Morgan fingerprint density at radius 1 is 1.02 bits per heavy atom. The van der Waals surface area contributed by atoms with Gasteiger partial charge in [0.05, 0.1) is 13.2 Å². The molecule has 1 saturated heterocycles. The van der Waals surface area contributed by atoms with Crippen LogP contribution in [0.15, 0.2) is 28.7 Å². The molecule has 1 aromatic carbocycles. The van der Waals surface area contributed by atoms with Crippen molar-refractivity contribution in [3.63, 3.8) is 0 Å². The second-order valence-electron chi connectivity index (χ2n) is 12.0. The molecule has 3 amide bonds. The highest BCUT2D eigenvalue weighted by molar-refractivity contribution is 6.00. The zero-order chi connectivity index (χ0) is 29.6. The summed E-state index contributed by atoms with van der Waals surface area (Å²) in [5, 5.41) is 14.1. The van der Waals surface area contributed by atoms with Crippen molar-refractivity contribution in [3.8, 4) is 17.2 Å². The molecule has 1 saturated carbocycles. The van der Waals surface area contributed by atoms with Gasteiger partial charge in [-0.2, -0.15) is 0 Å². The lowest BCUT2D eigenvalue weighted by atomic mass is 9.80. The number of Topliss-reactive ketones (excluding diaryl/α,β-unsaturated/α-hetero) is 1. The van der Waals surface area contributed by atoms with Crippen LogP contribution < -0.4 is 15.4 Å². The Bertz CT molecular complexity index is 1190. The van der Waals surface area contributed by atoms with E-state index in [1.165, 1.54) is 0 Å². The van der Waals surface area contributed by atoms with Crippen molar-refractivity contribution in [2.75, 3.05) is 33.3 Å². The molecule has 0 radical (unpaired) electrons. The standard InChI is InChI=1S/C30H44N6O5/c1-6-10-23(24(37)26-34-33-25(41-26)21-11-13-22(40-5)14-12-21)31-27(38)30(15-8-7-9-16-30)32-28(39)35-17-19-36(20-18-35)29(2,3)4/h11-14,23H,6-10,15-20H2,1-5H3,(H,31,38)(H,32,39)/t23-/m0/s1. The largest absolute Gasteiger partial charge is 0.497 e. The number of methoxy groups -OCH3 is 1. The van der Waals surface area contributed by atoms with Gasteiger partial charge in [-0.15, -0.1) is 10.2 Å². The Kier molecular flexibility index (Phi) is 9.68. The van der Waals surface area contributed by atoms with Gasteiger partial charge in [0.1, 0.15) is 11.3 Å². The van der Waals surface area contributed by atoms with Crippen LogP contribution >= 0.6 is 0 Å². The van der Waals surface area contributed by atoms with Gasteiger partial charge in [0.25, 0.3) is 5.89 Å². The van der Waals surface area contributed by atoms with Gasteiger partial charge in [-0.3, -0.25) is 14.5 Å². The molecule has 1 aliphatic carbocycles. The Hall–Kier alpha value is -3.47. The number of carbonyl (C=O) groups is 3. The number of amides is 3. The number of rotatable bonds is 9. The van der Waals surface area contributed by atoms with Crippen LogP contribution in [-0.2, 0) is 4.79 Å². The van der Waals surface area contributed by atoms with Gasteiger partial charge in [-0.1, -0.05) is 32.6 Å². The SMILES string of the molecule is CCC[C@H](NC(=O)C1(NC(=O)N2CCN(C(C)(C)C)CC2)CCCCC1)C(=O)c1nnc(-c2ccc(OC)cc2)o1. The van der Waals surface area contributed by atoms with E-state index in [1.807, 2.05) is 6.92 Å². The number of piperazine rings is 1. The molecule has 1 aromatic heterocycles. The van der Waals surface area contributed by atoms with Gasteiger partial charge in [-0.25, -0.2) is 4.79 Å². The van der Waals surface area contributed by atoms with Gasteiger partial charge >= 0.3 is 6.03 Å². The minimum absolute atomic E-state index is 0.0433. The van der Waals surface area contributed by atoms with Crippen LogP contribution in [0.1, 0.15) is 83.3 Å². The molecule has 2 heterocycles. The highest BCUT2D eigenvalue weighted by Crippen LogP contribution is 2.30. The summed E-state index contributed by atoms with van der Waals surface area (Å²) in [5.74, 6) is -0.0389. The Balaban J connectivity index is 1.45. The van der Waals surface area contributed by atoms with Gasteiger partial charge in [0, 0.05) is 37.3 Å². The molecular weight excluding hydrogens is 524 g/mol. The second kappa shape index (κ2) is 13.0. The lowest BCUT2D eigenvalue weighted by Crippen LogP contribution is -2.65. The lowest BCUT2D eigenvalue weighted by Gasteiger charge is -2.44. The summed E-state index contributed by atoms with van der Waals surface area (Å²) in [6, 6.07) is 6.00. The summed E-state index contributed by atoms with van der Waals surface area (Å²) in [6.45, 7) is 11.2. The number of carbonyl (C=O) groups excluding carboxylic acids is 3. The fourth-order valence-electron chi connectivity index (χ4n) is 5.60. The molecule has 41 heavy (non-hydrogen) atoms. The van der Waals surface area contributed by atoms with Gasteiger partial charge in [0.2, 0.25) is 17.6 Å². The first-order valence-corrected chi connectivity index (χ1v) is 14.7. The first-order chi connectivity index (χ1) is 19.6. The zero-order valence-corrected chi connectivity index (χ0v) is 25.0. The number of ketones is 1. The minimum atomic E-state index is -1.06. The summed E-state index contributed by atoms with van der Waals surface area (Å²) in [5.41, 5.74) is -0.367. The van der Waals surface area contributed by atoms with E-state index in [4.69, 9.17) is 9.15 Å². The third kappa shape index (κ3) is 7.25. The van der Waals surface area contributed by atoms with E-state index < -0.39 is 17.4 Å². The number of hydrogen-bond acceptors (Lipinski definition) is 8. The molecule has 224 valence electrons. The van der Waals surface area contributed by atoms with E-state index in [-0.39, 0.29) is 29.3 Å². The summed E-state index contributed by atoms with van der Waals surface area (Å²) < 4.78 is 10.9. The topological polar surface area (TPSA) is 130 Å². The minimum Gasteiger partial charge on any atom is -0.497 e. The van der Waals surface area contributed by atoms with E-state index in [2.05, 4.69) is 46.5 Å². The number of benzene rings is 1. The Labute approximate surface area is 242 Å². The predicted molar refractivity (Wildman–Crippen MR) is 155 cm³/mol. The van der Waals surface area contributed by atoms with E-state index in [1.54, 1.807) is 36.3 Å². The van der Waals surface area contributed by atoms with Crippen LogP contribution in [0.5, 0.6) is 5.75 Å². The van der Waals surface area contributed by atoms with Crippen LogP contribution in [0.3, 0.4) is 0 Å². The first-order valence-electron chi connectivity index (χ1n) is 14.7. The van der Waals surface area contributed by atoms with Crippen molar-refractivity contribution >= 4 is 17.7 Å². The molecule has 0 spiro atoms. The van der Waals surface area contributed by atoms with Crippen molar-refractivity contribution in [3.05, 3.63) is 30.2 Å². The van der Waals surface area contributed by atoms with Crippen LogP contribution in [0.25, 0.3) is 11.5 Å². The fraction of sp³-hybridized carbons (Fsp3) is 0.633. The number of ether oxygens (including phenoxy) is 1. The molecule has 4 rings (SSSR count).